The van der Waals surface area contributed by atoms with Crippen molar-refractivity contribution in [3.63, 3.8) is 0 Å². The van der Waals surface area contributed by atoms with E-state index >= 15 is 0 Å². The third-order valence-electron chi connectivity index (χ3n) is 3.94. The van der Waals surface area contributed by atoms with Crippen molar-refractivity contribution in [3.8, 4) is 0 Å². The molecule has 0 atom stereocenters. The van der Waals surface area contributed by atoms with E-state index in [-0.39, 0.29) is 11.6 Å². The number of nitrogens with one attached hydrogen (secondary N) is 2. The fourth-order valence-corrected chi connectivity index (χ4v) is 2.74. The number of carbonyl (C=O) groups is 2. The van der Waals surface area contributed by atoms with Crippen molar-refractivity contribution in [1.82, 2.24) is 25.8 Å². The molecule has 0 bridgehead atoms. The molecule has 0 saturated heterocycles. The highest BCUT2D eigenvalue weighted by Gasteiger charge is 2.47. The highest BCUT2D eigenvalue weighted by atomic mass is 79.9. The SMILES string of the molecule is O=C(NNC(=O)C1(c2ccc(Br)cn2)CCC1)c1cnccn1. The first-order valence-electron chi connectivity index (χ1n) is 7.11. The van der Waals surface area contributed by atoms with Crippen LogP contribution < -0.4 is 10.9 Å². The van der Waals surface area contributed by atoms with Crippen LogP contribution in [0.4, 0.5) is 0 Å². The summed E-state index contributed by atoms with van der Waals surface area (Å²) in [5.74, 6) is -0.777. The lowest BCUT2D eigenvalue weighted by molar-refractivity contribution is -0.130. The van der Waals surface area contributed by atoms with Crippen LogP contribution in [0.25, 0.3) is 0 Å². The van der Waals surface area contributed by atoms with Gasteiger partial charge in [0.1, 0.15) is 5.69 Å². The Balaban J connectivity index is 1.69. The van der Waals surface area contributed by atoms with Crippen molar-refractivity contribution in [3.05, 3.63) is 52.8 Å². The molecule has 2 aromatic heterocycles. The summed E-state index contributed by atoms with van der Waals surface area (Å²) in [5, 5.41) is 0. The third kappa shape index (κ3) is 3.07. The topological polar surface area (TPSA) is 96.9 Å². The summed E-state index contributed by atoms with van der Waals surface area (Å²) in [6.45, 7) is 0. The standard InChI is InChI=1S/C15H14BrN5O2/c16-10-2-3-12(19-8-10)15(4-1-5-15)14(23)21-20-13(22)11-9-17-6-7-18-11/h2-3,6-9H,1,4-5H2,(H,20,22)(H,21,23). The lowest BCUT2D eigenvalue weighted by Gasteiger charge is -2.39. The smallest absolute Gasteiger partial charge is 0.272 e. The van der Waals surface area contributed by atoms with Crippen molar-refractivity contribution >= 4 is 27.7 Å². The summed E-state index contributed by atoms with van der Waals surface area (Å²) >= 11 is 3.33. The zero-order valence-corrected chi connectivity index (χ0v) is 13.7. The van der Waals surface area contributed by atoms with Gasteiger partial charge >= 0.3 is 0 Å². The van der Waals surface area contributed by atoms with Gasteiger partial charge in [0.2, 0.25) is 0 Å². The van der Waals surface area contributed by atoms with Crippen LogP contribution >= 0.6 is 15.9 Å². The molecule has 118 valence electrons. The second kappa shape index (κ2) is 6.41. The quantitative estimate of drug-likeness (QED) is 0.792. The first kappa shape index (κ1) is 15.5. The number of carbonyl (C=O) groups excluding carboxylic acids is 2. The summed E-state index contributed by atoms with van der Waals surface area (Å²) in [7, 11) is 0. The number of amides is 2. The zero-order valence-electron chi connectivity index (χ0n) is 12.1. The predicted octanol–water partition coefficient (Wildman–Crippen LogP) is 1.52. The van der Waals surface area contributed by atoms with Crippen LogP contribution in [0.1, 0.15) is 35.4 Å². The molecule has 1 saturated carbocycles. The molecule has 23 heavy (non-hydrogen) atoms. The molecule has 0 unspecified atom stereocenters. The molecule has 1 fully saturated rings. The maximum absolute atomic E-state index is 12.6. The second-order valence-electron chi connectivity index (χ2n) is 5.30. The molecule has 0 radical (unpaired) electrons. The van der Waals surface area contributed by atoms with Crippen molar-refractivity contribution in [1.29, 1.82) is 0 Å². The molecular formula is C15H14BrN5O2. The Morgan fingerprint density at radius 1 is 1.09 bits per heavy atom. The maximum Gasteiger partial charge on any atom is 0.289 e. The Labute approximate surface area is 141 Å². The van der Waals surface area contributed by atoms with Gasteiger partial charge in [-0.15, -0.1) is 0 Å². The lowest BCUT2D eigenvalue weighted by atomic mass is 9.66. The number of nitrogens with zero attached hydrogens (tertiary/aromatic N) is 3. The minimum absolute atomic E-state index is 0.136. The molecule has 0 aromatic carbocycles. The number of aromatic nitrogens is 3. The average Bonchev–Trinajstić information content (AvgIpc) is 2.54. The molecule has 2 N–H and O–H groups in total. The number of hydrazine groups is 1. The molecule has 2 amide bonds. The van der Waals surface area contributed by atoms with Crippen LogP contribution in [0.2, 0.25) is 0 Å². The van der Waals surface area contributed by atoms with E-state index in [2.05, 4.69) is 41.7 Å². The van der Waals surface area contributed by atoms with Gasteiger partial charge in [-0.3, -0.25) is 30.4 Å². The van der Waals surface area contributed by atoms with Crippen LogP contribution in [-0.2, 0) is 10.2 Å². The van der Waals surface area contributed by atoms with E-state index in [0.29, 0.717) is 18.5 Å². The van der Waals surface area contributed by atoms with Gasteiger partial charge < -0.3 is 0 Å². The number of halogens is 1. The van der Waals surface area contributed by atoms with Crippen molar-refractivity contribution in [2.24, 2.45) is 0 Å². The highest BCUT2D eigenvalue weighted by molar-refractivity contribution is 9.10. The summed E-state index contributed by atoms with van der Waals surface area (Å²) in [6, 6.07) is 3.68. The minimum Gasteiger partial charge on any atom is -0.272 e. The van der Waals surface area contributed by atoms with Gasteiger partial charge in [-0.2, -0.15) is 0 Å². The first-order valence-corrected chi connectivity index (χ1v) is 7.90. The highest BCUT2D eigenvalue weighted by Crippen LogP contribution is 2.43. The van der Waals surface area contributed by atoms with Crippen molar-refractivity contribution in [2.75, 3.05) is 0 Å². The molecule has 3 rings (SSSR count). The fourth-order valence-electron chi connectivity index (χ4n) is 2.50. The normalized spacial score (nSPS) is 15.3. The molecular weight excluding hydrogens is 362 g/mol. The zero-order chi connectivity index (χ0) is 16.3. The molecule has 0 aliphatic heterocycles. The monoisotopic (exact) mass is 375 g/mol. The van der Waals surface area contributed by atoms with Crippen LogP contribution in [0.3, 0.4) is 0 Å². The van der Waals surface area contributed by atoms with E-state index in [1.807, 2.05) is 12.1 Å². The Kier molecular flexibility index (Phi) is 4.33. The van der Waals surface area contributed by atoms with E-state index in [4.69, 9.17) is 0 Å². The van der Waals surface area contributed by atoms with Gasteiger partial charge in [-0.1, -0.05) is 6.42 Å². The van der Waals surface area contributed by atoms with E-state index < -0.39 is 11.3 Å². The van der Waals surface area contributed by atoms with Crippen LogP contribution in [0, 0.1) is 0 Å². The largest absolute Gasteiger partial charge is 0.289 e. The first-order chi connectivity index (χ1) is 11.1. The molecule has 2 aromatic rings. The van der Waals surface area contributed by atoms with Gasteiger partial charge in [0.15, 0.2) is 0 Å². The third-order valence-corrected chi connectivity index (χ3v) is 4.41. The lowest BCUT2D eigenvalue weighted by Crippen LogP contribution is -2.55. The summed E-state index contributed by atoms with van der Waals surface area (Å²) in [5.41, 5.74) is 5.01. The van der Waals surface area contributed by atoms with E-state index in [9.17, 15) is 9.59 Å². The van der Waals surface area contributed by atoms with Gasteiger partial charge in [-0.05, 0) is 40.9 Å². The van der Waals surface area contributed by atoms with Crippen LogP contribution in [-0.4, -0.2) is 26.8 Å². The Hall–Kier alpha value is -2.35. The maximum atomic E-state index is 12.6. The fraction of sp³-hybridized carbons (Fsp3) is 0.267. The number of rotatable bonds is 3. The average molecular weight is 376 g/mol. The summed E-state index contributed by atoms with van der Waals surface area (Å²) < 4.78 is 0.854. The van der Waals surface area contributed by atoms with Crippen LogP contribution in [0.5, 0.6) is 0 Å². The van der Waals surface area contributed by atoms with E-state index in [0.717, 1.165) is 10.9 Å². The summed E-state index contributed by atoms with van der Waals surface area (Å²) in [4.78, 5) is 36.5. The molecule has 8 heteroatoms. The Morgan fingerprint density at radius 3 is 2.48 bits per heavy atom. The van der Waals surface area contributed by atoms with Gasteiger partial charge in [0, 0.05) is 23.1 Å². The van der Waals surface area contributed by atoms with Crippen LogP contribution in [0.15, 0.2) is 41.4 Å². The molecule has 7 nitrogen and oxygen atoms in total. The molecule has 2 heterocycles. The molecule has 1 aliphatic carbocycles. The van der Waals surface area contributed by atoms with Crippen molar-refractivity contribution < 1.29 is 9.59 Å². The van der Waals surface area contributed by atoms with E-state index in [1.54, 1.807) is 6.20 Å². The second-order valence-corrected chi connectivity index (χ2v) is 6.21. The van der Waals surface area contributed by atoms with Gasteiger partial charge in [0.25, 0.3) is 11.8 Å². The van der Waals surface area contributed by atoms with Crippen molar-refractivity contribution in [2.45, 2.75) is 24.7 Å². The molecule has 1 aliphatic rings. The Morgan fingerprint density at radius 2 is 1.91 bits per heavy atom. The summed E-state index contributed by atoms with van der Waals surface area (Å²) in [6.07, 6.45) is 8.23. The van der Waals surface area contributed by atoms with Gasteiger partial charge in [0.05, 0.1) is 17.3 Å². The van der Waals surface area contributed by atoms with E-state index in [1.165, 1.54) is 18.6 Å². The molecule has 0 spiro atoms. The number of pyridine rings is 1. The van der Waals surface area contributed by atoms with Gasteiger partial charge in [-0.25, -0.2) is 4.98 Å². The number of hydrogen-bond donors (Lipinski definition) is 2. The minimum atomic E-state index is -0.684. The Bertz CT molecular complexity index is 716. The number of hydrogen-bond acceptors (Lipinski definition) is 5. The predicted molar refractivity (Wildman–Crippen MR) is 85.1 cm³/mol.